The highest BCUT2D eigenvalue weighted by atomic mass is 32.2. The minimum Gasteiger partial charge on any atom is -0.444 e. The first kappa shape index (κ1) is 39.4. The molecule has 0 spiro atoms. The summed E-state index contributed by atoms with van der Waals surface area (Å²) in [6, 6.07) is 18.0. The normalized spacial score (nSPS) is 15.1. The lowest BCUT2D eigenvalue weighted by molar-refractivity contribution is -0.132. The number of nitrogens with one attached hydrogen (secondary N) is 3. The van der Waals surface area contributed by atoms with Crippen LogP contribution in [-0.2, 0) is 36.9 Å². The fraction of sp³-hybridized carbons (Fsp3) is 0.500. The van der Waals surface area contributed by atoms with Crippen LogP contribution in [0.5, 0.6) is 0 Å². The van der Waals surface area contributed by atoms with Gasteiger partial charge in [0, 0.05) is 19.5 Å². The van der Waals surface area contributed by atoms with Crippen LogP contribution in [0.4, 0.5) is 10.6 Å². The number of aromatic nitrogens is 2. The van der Waals surface area contributed by atoms with Gasteiger partial charge in [0.1, 0.15) is 28.3 Å². The molecule has 3 N–H and O–H groups in total. The van der Waals surface area contributed by atoms with Crippen molar-refractivity contribution in [2.24, 2.45) is 5.92 Å². The van der Waals surface area contributed by atoms with Crippen LogP contribution in [0, 0.1) is 5.92 Å². The summed E-state index contributed by atoms with van der Waals surface area (Å²) in [5.41, 5.74) is -0.392. The topological polar surface area (TPSA) is 144 Å². The van der Waals surface area contributed by atoms with Crippen LogP contribution >= 0.6 is 11.9 Å². The molecular weight excluding hydrogens is 669 g/mol. The van der Waals surface area contributed by atoms with Crippen molar-refractivity contribution >= 4 is 41.6 Å². The van der Waals surface area contributed by atoms with Gasteiger partial charge in [-0.15, -0.1) is 0 Å². The molecule has 1 saturated heterocycles. The lowest BCUT2D eigenvalue weighted by Gasteiger charge is -2.33. The van der Waals surface area contributed by atoms with Crippen LogP contribution in [0.1, 0.15) is 83.5 Å². The zero-order valence-electron chi connectivity index (χ0n) is 30.7. The van der Waals surface area contributed by atoms with Gasteiger partial charge < -0.3 is 30.3 Å². The van der Waals surface area contributed by atoms with Gasteiger partial charge in [0.2, 0.25) is 11.8 Å². The van der Waals surface area contributed by atoms with E-state index in [0.29, 0.717) is 18.2 Å². The van der Waals surface area contributed by atoms with E-state index in [4.69, 9.17) is 9.47 Å². The number of nitrogens with zero attached hydrogens (tertiary/aromatic N) is 3. The van der Waals surface area contributed by atoms with Gasteiger partial charge in [-0.05, 0) is 76.5 Å². The quantitative estimate of drug-likeness (QED) is 0.187. The number of hydrogen-bond acceptors (Lipinski definition) is 8. The molecule has 1 aliphatic rings. The number of carbonyl (C=O) groups is 4. The lowest BCUT2D eigenvalue weighted by Crippen LogP contribution is -2.59. The Morgan fingerprint density at radius 1 is 0.961 bits per heavy atom. The van der Waals surface area contributed by atoms with Crippen molar-refractivity contribution < 1.29 is 28.7 Å². The first-order valence-electron chi connectivity index (χ1n) is 17.5. The largest absolute Gasteiger partial charge is 0.444 e. The molecule has 2 aromatic carbocycles. The van der Waals surface area contributed by atoms with Crippen LogP contribution in [0.2, 0.25) is 0 Å². The Hall–Kier alpha value is -4.36. The third kappa shape index (κ3) is 11.9. The molecule has 1 fully saturated rings. The molecule has 4 rings (SSSR count). The Kier molecular flexibility index (Phi) is 13.7. The fourth-order valence-corrected chi connectivity index (χ4v) is 6.59. The molecule has 2 heterocycles. The summed E-state index contributed by atoms with van der Waals surface area (Å²) in [6.45, 7) is 13.9. The van der Waals surface area contributed by atoms with Gasteiger partial charge in [0.15, 0.2) is 5.82 Å². The van der Waals surface area contributed by atoms with Crippen LogP contribution < -0.4 is 16.0 Å². The predicted molar refractivity (Wildman–Crippen MR) is 199 cm³/mol. The summed E-state index contributed by atoms with van der Waals surface area (Å²) in [5.74, 6) is 0.403. The molecule has 51 heavy (non-hydrogen) atoms. The number of ether oxygens (including phenoxy) is 2. The molecule has 0 radical (unpaired) electrons. The zero-order valence-corrected chi connectivity index (χ0v) is 31.5. The Labute approximate surface area is 305 Å². The number of hydrogen-bond donors (Lipinski definition) is 3. The van der Waals surface area contributed by atoms with Gasteiger partial charge in [-0.1, -0.05) is 74.5 Å². The SMILES string of the molecule is CCc1nc(NC(=O)[C@@H](COCc2ccccc2)NC(=O)C(C)(C)NC(=O)OC(C)(C)C)cn1SC(C(=O)N1CCC(C)CC1)c1ccccc1. The van der Waals surface area contributed by atoms with Crippen LogP contribution in [-0.4, -0.2) is 74.5 Å². The zero-order chi connectivity index (χ0) is 37.2. The van der Waals surface area contributed by atoms with Crippen molar-refractivity contribution in [3.05, 3.63) is 83.8 Å². The van der Waals surface area contributed by atoms with E-state index in [-0.39, 0.29) is 24.9 Å². The number of piperidine rings is 1. The van der Waals surface area contributed by atoms with Crippen LogP contribution in [0.3, 0.4) is 0 Å². The van der Waals surface area contributed by atoms with Gasteiger partial charge in [-0.25, -0.2) is 9.78 Å². The summed E-state index contributed by atoms with van der Waals surface area (Å²) in [7, 11) is 0. The lowest BCUT2D eigenvalue weighted by atomic mass is 9.98. The molecule has 12 nitrogen and oxygen atoms in total. The van der Waals surface area contributed by atoms with E-state index in [0.717, 1.165) is 37.1 Å². The van der Waals surface area contributed by atoms with Gasteiger partial charge in [-0.3, -0.25) is 18.4 Å². The van der Waals surface area contributed by atoms with E-state index in [1.54, 1.807) is 27.0 Å². The van der Waals surface area contributed by atoms with Crippen molar-refractivity contribution in [2.45, 2.75) is 96.8 Å². The maximum absolute atomic E-state index is 13.9. The summed E-state index contributed by atoms with van der Waals surface area (Å²) in [5, 5.41) is 7.64. The number of amides is 4. The molecule has 276 valence electrons. The van der Waals surface area contributed by atoms with Gasteiger partial charge in [0.05, 0.1) is 19.4 Å². The summed E-state index contributed by atoms with van der Waals surface area (Å²) >= 11 is 1.35. The summed E-state index contributed by atoms with van der Waals surface area (Å²) in [4.78, 5) is 60.3. The van der Waals surface area contributed by atoms with E-state index in [2.05, 4.69) is 27.9 Å². The van der Waals surface area contributed by atoms with E-state index in [9.17, 15) is 19.2 Å². The number of likely N-dealkylation sites (tertiary alicyclic amines) is 1. The Morgan fingerprint density at radius 3 is 2.20 bits per heavy atom. The molecule has 1 aromatic heterocycles. The minimum absolute atomic E-state index is 0.0420. The monoisotopic (exact) mass is 720 g/mol. The second kappa shape index (κ2) is 17.7. The second-order valence-corrected chi connectivity index (χ2v) is 15.5. The fourth-order valence-electron chi connectivity index (χ4n) is 5.39. The number of imidazole rings is 1. The molecular formula is C38H52N6O6S. The highest BCUT2D eigenvalue weighted by molar-refractivity contribution is 7.98. The first-order valence-corrected chi connectivity index (χ1v) is 18.3. The molecule has 0 saturated carbocycles. The standard InChI is InChI=1S/C38H52N6O6S/c1-8-31-40-30(23-44(31)51-32(28-17-13-10-14-18-28)34(46)43-21-19-26(2)20-22-43)41-33(45)29(25-49-24-27-15-11-9-12-16-27)39-35(47)38(6,7)42-36(48)50-37(3,4)5/h9-18,23,26,29,32H,8,19-22,24-25H2,1-7H3,(H,39,47)(H,41,45)(H,42,48)/t29-,32?/m1/s1. The Balaban J connectivity index is 1.52. The highest BCUT2D eigenvalue weighted by Crippen LogP contribution is 2.35. The highest BCUT2D eigenvalue weighted by Gasteiger charge is 2.35. The maximum atomic E-state index is 13.9. The van der Waals surface area contributed by atoms with E-state index < -0.39 is 40.3 Å². The van der Waals surface area contributed by atoms with Crippen molar-refractivity contribution in [3.8, 4) is 0 Å². The summed E-state index contributed by atoms with van der Waals surface area (Å²) in [6.07, 6.45) is 3.42. The third-order valence-corrected chi connectivity index (χ3v) is 9.58. The van der Waals surface area contributed by atoms with Crippen molar-refractivity contribution in [2.75, 3.05) is 25.0 Å². The van der Waals surface area contributed by atoms with E-state index >= 15 is 0 Å². The molecule has 1 unspecified atom stereocenters. The van der Waals surface area contributed by atoms with E-state index in [1.165, 1.54) is 25.8 Å². The number of anilines is 1. The molecule has 4 amide bonds. The molecule has 0 aliphatic carbocycles. The molecule has 3 aromatic rings. The van der Waals surface area contributed by atoms with Gasteiger partial charge in [0.25, 0.3) is 5.91 Å². The summed E-state index contributed by atoms with van der Waals surface area (Å²) < 4.78 is 13.1. The number of rotatable bonds is 14. The van der Waals surface area contributed by atoms with Crippen LogP contribution in [0.25, 0.3) is 0 Å². The number of aryl methyl sites for hydroxylation is 1. The van der Waals surface area contributed by atoms with Gasteiger partial charge in [-0.2, -0.15) is 0 Å². The Bertz CT molecular complexity index is 1620. The average molecular weight is 721 g/mol. The van der Waals surface area contributed by atoms with E-state index in [1.807, 2.05) is 76.5 Å². The number of carbonyl (C=O) groups excluding carboxylic acids is 4. The van der Waals surface area contributed by atoms with Crippen LogP contribution in [0.15, 0.2) is 66.9 Å². The minimum atomic E-state index is -1.42. The van der Waals surface area contributed by atoms with Crippen molar-refractivity contribution in [1.82, 2.24) is 24.5 Å². The van der Waals surface area contributed by atoms with Crippen molar-refractivity contribution in [3.63, 3.8) is 0 Å². The first-order chi connectivity index (χ1) is 24.1. The van der Waals surface area contributed by atoms with Crippen molar-refractivity contribution in [1.29, 1.82) is 0 Å². The average Bonchev–Trinajstić information content (AvgIpc) is 3.47. The smallest absolute Gasteiger partial charge is 0.408 e. The predicted octanol–water partition coefficient (Wildman–Crippen LogP) is 5.89. The number of benzene rings is 2. The molecule has 13 heteroatoms. The van der Waals surface area contributed by atoms with Gasteiger partial charge >= 0.3 is 6.09 Å². The second-order valence-electron chi connectivity index (χ2n) is 14.4. The Morgan fingerprint density at radius 2 is 1.59 bits per heavy atom. The molecule has 0 bridgehead atoms. The molecule has 2 atom stereocenters. The number of alkyl carbamates (subject to hydrolysis) is 1. The maximum Gasteiger partial charge on any atom is 0.408 e. The third-order valence-electron chi connectivity index (χ3n) is 8.35. The molecule has 1 aliphatic heterocycles.